The first kappa shape index (κ1) is 35.0. The molecule has 6 heteroatoms. The van der Waals surface area contributed by atoms with Gasteiger partial charge in [-0.1, -0.05) is 147 Å². The SMILES string of the molecule is CC1(C)c2cc(-c3cc(-c4cccc(-c5nc(-c6ccccc6)nc(-c6ccccc6)n5)c4)cc4oc5ccccc5c34)ccc2-c2ccc3oc(-c4ccccc4)nc3c21. The Bertz CT molecular complexity index is 3440. The zero-order chi connectivity index (χ0) is 40.7. The Labute approximate surface area is 351 Å². The lowest BCUT2D eigenvalue weighted by molar-refractivity contribution is 0.619. The van der Waals surface area contributed by atoms with Crippen LogP contribution >= 0.6 is 0 Å². The average Bonchev–Trinajstić information content (AvgIpc) is 3.99. The quantitative estimate of drug-likeness (QED) is 0.167. The van der Waals surface area contributed by atoms with Crippen LogP contribution < -0.4 is 0 Å². The van der Waals surface area contributed by atoms with Crippen molar-refractivity contribution in [2.45, 2.75) is 19.3 Å². The van der Waals surface area contributed by atoms with E-state index >= 15 is 0 Å². The summed E-state index contributed by atoms with van der Waals surface area (Å²) in [6.45, 7) is 4.60. The molecule has 0 saturated heterocycles. The summed E-state index contributed by atoms with van der Waals surface area (Å²) in [4.78, 5) is 20.1. The predicted octanol–water partition coefficient (Wildman–Crippen LogP) is 14.2. The second-order valence-electron chi connectivity index (χ2n) is 16.2. The summed E-state index contributed by atoms with van der Waals surface area (Å²) in [6, 6.07) is 62.6. The van der Waals surface area contributed by atoms with Crippen molar-refractivity contribution in [1.82, 2.24) is 19.9 Å². The zero-order valence-corrected chi connectivity index (χ0v) is 33.4. The molecular formula is C55H36N4O2. The van der Waals surface area contributed by atoms with Gasteiger partial charge in [-0.15, -0.1) is 0 Å². The van der Waals surface area contributed by atoms with Gasteiger partial charge in [0.15, 0.2) is 23.1 Å². The molecule has 0 aliphatic heterocycles. The summed E-state index contributed by atoms with van der Waals surface area (Å²) >= 11 is 0. The van der Waals surface area contributed by atoms with Crippen LogP contribution in [0.4, 0.5) is 0 Å². The Morgan fingerprint density at radius 3 is 1.70 bits per heavy atom. The van der Waals surface area contributed by atoms with E-state index in [1.165, 1.54) is 22.3 Å². The largest absolute Gasteiger partial charge is 0.456 e. The Morgan fingerprint density at radius 1 is 0.377 bits per heavy atom. The minimum absolute atomic E-state index is 0.337. The number of hydrogen-bond acceptors (Lipinski definition) is 6. The number of aromatic nitrogens is 4. The molecule has 0 spiro atoms. The topological polar surface area (TPSA) is 77.8 Å². The van der Waals surface area contributed by atoms with Crippen LogP contribution in [0.25, 0.3) is 112 Å². The molecule has 0 amide bonds. The van der Waals surface area contributed by atoms with Crippen molar-refractivity contribution in [1.29, 1.82) is 0 Å². The molecular weight excluding hydrogens is 749 g/mol. The highest BCUT2D eigenvalue weighted by Crippen LogP contribution is 2.53. The van der Waals surface area contributed by atoms with Gasteiger partial charge in [0.2, 0.25) is 5.89 Å². The van der Waals surface area contributed by atoms with Gasteiger partial charge in [0.25, 0.3) is 0 Å². The molecule has 0 fully saturated rings. The van der Waals surface area contributed by atoms with E-state index in [4.69, 9.17) is 28.8 Å². The molecule has 8 aromatic carbocycles. The number of oxazole rings is 1. The fraction of sp³-hybridized carbons (Fsp3) is 0.0545. The van der Waals surface area contributed by atoms with Crippen molar-refractivity contribution in [2.75, 3.05) is 0 Å². The molecule has 288 valence electrons. The van der Waals surface area contributed by atoms with Crippen LogP contribution in [0.15, 0.2) is 191 Å². The van der Waals surface area contributed by atoms with Crippen molar-refractivity contribution in [3.63, 3.8) is 0 Å². The van der Waals surface area contributed by atoms with E-state index in [-0.39, 0.29) is 5.41 Å². The standard InChI is InChI=1S/C55H36N4O2/c1-55(2)44-31-37(25-26-40(44)41-27-28-46-50(49(41)55)56-54(61-46)35-19-10-5-11-20-35)43-30-39(32-47-48(43)42-23-12-13-24-45(42)60-47)36-21-14-22-38(29-36)53-58-51(33-15-6-3-7-16-33)57-52(59-53)34-17-8-4-9-18-34/h3-32H,1-2H3. The van der Waals surface area contributed by atoms with Crippen LogP contribution in [0.1, 0.15) is 25.0 Å². The second-order valence-corrected chi connectivity index (χ2v) is 16.2. The van der Waals surface area contributed by atoms with Gasteiger partial charge in [0.05, 0.1) is 0 Å². The van der Waals surface area contributed by atoms with Crippen molar-refractivity contribution >= 4 is 33.0 Å². The Kier molecular flexibility index (Phi) is 7.78. The monoisotopic (exact) mass is 784 g/mol. The predicted molar refractivity (Wildman–Crippen MR) is 245 cm³/mol. The van der Waals surface area contributed by atoms with Gasteiger partial charge in [-0.05, 0) is 93.0 Å². The third-order valence-electron chi connectivity index (χ3n) is 12.1. The smallest absolute Gasteiger partial charge is 0.227 e. The maximum atomic E-state index is 6.64. The van der Waals surface area contributed by atoms with Gasteiger partial charge in [-0.2, -0.15) is 0 Å². The van der Waals surface area contributed by atoms with Gasteiger partial charge in [-0.3, -0.25) is 0 Å². The summed E-state index contributed by atoms with van der Waals surface area (Å²) in [7, 11) is 0. The third kappa shape index (κ3) is 5.71. The molecule has 0 radical (unpaired) electrons. The summed E-state index contributed by atoms with van der Waals surface area (Å²) in [5.74, 6) is 2.50. The van der Waals surface area contributed by atoms with Crippen molar-refractivity contribution in [2.24, 2.45) is 0 Å². The number of fused-ring (bicyclic) bond motifs is 8. The van der Waals surface area contributed by atoms with Gasteiger partial charge >= 0.3 is 0 Å². The Balaban J connectivity index is 1.00. The lowest BCUT2D eigenvalue weighted by atomic mass is 9.80. The summed E-state index contributed by atoms with van der Waals surface area (Å²) < 4.78 is 13.0. The molecule has 0 saturated carbocycles. The highest BCUT2D eigenvalue weighted by atomic mass is 16.3. The maximum Gasteiger partial charge on any atom is 0.227 e. The first-order valence-corrected chi connectivity index (χ1v) is 20.5. The van der Waals surface area contributed by atoms with Gasteiger partial charge in [0.1, 0.15) is 16.7 Å². The molecule has 6 nitrogen and oxygen atoms in total. The molecule has 61 heavy (non-hydrogen) atoms. The summed E-state index contributed by atoms with van der Waals surface area (Å²) in [5, 5.41) is 2.17. The fourth-order valence-corrected chi connectivity index (χ4v) is 9.18. The van der Waals surface area contributed by atoms with Gasteiger partial charge in [0, 0.05) is 38.4 Å². The summed E-state index contributed by atoms with van der Waals surface area (Å²) in [6.07, 6.45) is 0. The molecule has 12 rings (SSSR count). The Hall–Kier alpha value is -7.96. The molecule has 0 unspecified atom stereocenters. The highest BCUT2D eigenvalue weighted by Gasteiger charge is 2.39. The van der Waals surface area contributed by atoms with Crippen LogP contribution in [0.5, 0.6) is 0 Å². The maximum absolute atomic E-state index is 6.64. The molecule has 3 aromatic heterocycles. The van der Waals surface area contributed by atoms with E-state index in [9.17, 15) is 0 Å². The molecule has 0 N–H and O–H groups in total. The number of para-hydroxylation sites is 1. The van der Waals surface area contributed by atoms with E-state index in [0.29, 0.717) is 23.4 Å². The molecule has 0 bridgehead atoms. The average molecular weight is 785 g/mol. The van der Waals surface area contributed by atoms with Crippen molar-refractivity contribution in [3.05, 3.63) is 193 Å². The minimum atomic E-state index is -0.337. The van der Waals surface area contributed by atoms with E-state index in [1.807, 2.05) is 103 Å². The van der Waals surface area contributed by atoms with Crippen LogP contribution in [-0.2, 0) is 5.41 Å². The lowest BCUT2D eigenvalue weighted by Crippen LogP contribution is -2.15. The van der Waals surface area contributed by atoms with Gasteiger partial charge < -0.3 is 8.83 Å². The van der Waals surface area contributed by atoms with E-state index in [0.717, 1.165) is 77.5 Å². The number of rotatable bonds is 6. The first-order chi connectivity index (χ1) is 30.0. The first-order valence-electron chi connectivity index (χ1n) is 20.5. The van der Waals surface area contributed by atoms with E-state index in [1.54, 1.807) is 0 Å². The highest BCUT2D eigenvalue weighted by molar-refractivity contribution is 6.14. The fourth-order valence-electron chi connectivity index (χ4n) is 9.18. The van der Waals surface area contributed by atoms with Crippen molar-refractivity contribution in [3.8, 4) is 79.0 Å². The number of hydrogen-bond donors (Lipinski definition) is 0. The lowest BCUT2D eigenvalue weighted by Gasteiger charge is -2.22. The molecule has 0 atom stereocenters. The van der Waals surface area contributed by atoms with Crippen LogP contribution in [0.2, 0.25) is 0 Å². The molecule has 1 aliphatic carbocycles. The van der Waals surface area contributed by atoms with E-state index < -0.39 is 0 Å². The van der Waals surface area contributed by atoms with Gasteiger partial charge in [-0.25, -0.2) is 19.9 Å². The zero-order valence-electron chi connectivity index (χ0n) is 33.4. The number of benzene rings is 8. The Morgan fingerprint density at radius 2 is 0.984 bits per heavy atom. The molecule has 1 aliphatic rings. The minimum Gasteiger partial charge on any atom is -0.456 e. The number of nitrogens with zero attached hydrogens (tertiary/aromatic N) is 4. The molecule has 11 aromatic rings. The normalized spacial score (nSPS) is 12.9. The third-order valence-corrected chi connectivity index (χ3v) is 12.1. The van der Waals surface area contributed by atoms with Crippen LogP contribution in [-0.4, -0.2) is 19.9 Å². The van der Waals surface area contributed by atoms with E-state index in [2.05, 4.69) is 92.7 Å². The second kappa shape index (κ2) is 13.5. The van der Waals surface area contributed by atoms with Crippen LogP contribution in [0.3, 0.4) is 0 Å². The number of furan rings is 1. The van der Waals surface area contributed by atoms with Crippen LogP contribution in [0, 0.1) is 0 Å². The van der Waals surface area contributed by atoms with Crippen molar-refractivity contribution < 1.29 is 8.83 Å². The summed E-state index contributed by atoms with van der Waals surface area (Å²) in [5.41, 5.74) is 15.9. The molecule has 3 heterocycles.